The quantitative estimate of drug-likeness (QED) is 0.892. The lowest BCUT2D eigenvalue weighted by molar-refractivity contribution is -0.121. The molecule has 0 fully saturated rings. The average molecular weight is 240 g/mol. The fraction of sp³-hybridized carbons (Fsp3) is 0.200. The van der Waals surface area contributed by atoms with Crippen LogP contribution in [0, 0.1) is 5.92 Å². The first-order chi connectivity index (χ1) is 8.66. The molecule has 2 N–H and O–H groups in total. The topological polar surface area (TPSA) is 56.0 Å². The summed E-state index contributed by atoms with van der Waals surface area (Å²) in [6, 6.07) is 12.1. The summed E-state index contributed by atoms with van der Waals surface area (Å²) in [5.41, 5.74) is 8.67. The van der Waals surface area contributed by atoms with Gasteiger partial charge in [0.05, 0.1) is 0 Å². The third-order valence-electron chi connectivity index (χ3n) is 3.00. The number of aromatic nitrogens is 1. The average Bonchev–Trinajstić information content (AvgIpc) is 2.40. The standard InChI is InChI=1S/C15H16N2O/c1-11(15(16)18)10-12-2-4-13(5-3-12)14-6-8-17-9-7-14/h2-9,11H,10H2,1H3,(H2,16,18). The number of nitrogens with two attached hydrogens (primary N) is 1. The molecule has 0 saturated carbocycles. The molecule has 3 heteroatoms. The van der Waals surface area contributed by atoms with Crippen molar-refractivity contribution in [1.29, 1.82) is 0 Å². The van der Waals surface area contributed by atoms with E-state index in [-0.39, 0.29) is 11.8 Å². The summed E-state index contributed by atoms with van der Waals surface area (Å²) in [7, 11) is 0. The summed E-state index contributed by atoms with van der Waals surface area (Å²) in [6.07, 6.45) is 4.24. The van der Waals surface area contributed by atoms with Crippen LogP contribution in [0.2, 0.25) is 0 Å². The van der Waals surface area contributed by atoms with Gasteiger partial charge in [0.1, 0.15) is 0 Å². The van der Waals surface area contributed by atoms with E-state index in [1.165, 1.54) is 0 Å². The van der Waals surface area contributed by atoms with Gasteiger partial charge in [0, 0.05) is 18.3 Å². The van der Waals surface area contributed by atoms with Crippen LogP contribution in [0.1, 0.15) is 12.5 Å². The van der Waals surface area contributed by atoms with Gasteiger partial charge >= 0.3 is 0 Å². The third kappa shape index (κ3) is 2.94. The number of rotatable bonds is 4. The summed E-state index contributed by atoms with van der Waals surface area (Å²) in [6.45, 7) is 1.85. The number of pyridine rings is 1. The number of primary amides is 1. The molecule has 0 saturated heterocycles. The molecule has 0 aliphatic heterocycles. The summed E-state index contributed by atoms with van der Waals surface area (Å²) < 4.78 is 0. The number of carbonyl (C=O) groups excluding carboxylic acids is 1. The number of amides is 1. The lowest BCUT2D eigenvalue weighted by Crippen LogP contribution is -2.22. The summed E-state index contributed by atoms with van der Waals surface area (Å²) in [5.74, 6) is -0.384. The maximum absolute atomic E-state index is 11.0. The van der Waals surface area contributed by atoms with E-state index >= 15 is 0 Å². The van der Waals surface area contributed by atoms with E-state index < -0.39 is 0 Å². The highest BCUT2D eigenvalue weighted by Crippen LogP contribution is 2.19. The van der Waals surface area contributed by atoms with Gasteiger partial charge in [0.25, 0.3) is 0 Å². The second-order valence-electron chi connectivity index (χ2n) is 4.44. The van der Waals surface area contributed by atoms with Gasteiger partial charge in [-0.3, -0.25) is 9.78 Å². The normalized spacial score (nSPS) is 12.1. The number of hydrogen-bond donors (Lipinski definition) is 1. The Hall–Kier alpha value is -2.16. The molecular weight excluding hydrogens is 224 g/mol. The Morgan fingerprint density at radius 1 is 1.11 bits per heavy atom. The molecule has 0 bridgehead atoms. The van der Waals surface area contributed by atoms with Crippen LogP contribution in [0.4, 0.5) is 0 Å². The first-order valence-electron chi connectivity index (χ1n) is 5.95. The van der Waals surface area contributed by atoms with Gasteiger partial charge in [-0.05, 0) is 35.2 Å². The number of nitrogens with zero attached hydrogens (tertiary/aromatic N) is 1. The minimum Gasteiger partial charge on any atom is -0.369 e. The molecule has 1 atom stereocenters. The van der Waals surface area contributed by atoms with Crippen molar-refractivity contribution in [2.45, 2.75) is 13.3 Å². The Morgan fingerprint density at radius 2 is 1.67 bits per heavy atom. The van der Waals surface area contributed by atoms with Gasteiger partial charge in [0.2, 0.25) is 5.91 Å². The first kappa shape index (κ1) is 12.3. The SMILES string of the molecule is CC(Cc1ccc(-c2ccncc2)cc1)C(N)=O. The zero-order valence-electron chi connectivity index (χ0n) is 10.3. The first-order valence-corrected chi connectivity index (χ1v) is 5.95. The minimum atomic E-state index is -0.256. The Morgan fingerprint density at radius 3 is 2.22 bits per heavy atom. The zero-order valence-corrected chi connectivity index (χ0v) is 10.3. The van der Waals surface area contributed by atoms with Crippen LogP contribution < -0.4 is 5.73 Å². The van der Waals surface area contributed by atoms with Gasteiger partial charge in [-0.2, -0.15) is 0 Å². The summed E-state index contributed by atoms with van der Waals surface area (Å²) in [4.78, 5) is 15.0. The second-order valence-corrected chi connectivity index (χ2v) is 4.44. The van der Waals surface area contributed by atoms with E-state index in [2.05, 4.69) is 17.1 Å². The molecule has 1 heterocycles. The van der Waals surface area contributed by atoms with Gasteiger partial charge in [-0.25, -0.2) is 0 Å². The van der Waals surface area contributed by atoms with Gasteiger partial charge < -0.3 is 5.73 Å². The van der Waals surface area contributed by atoms with Crippen molar-refractivity contribution < 1.29 is 4.79 Å². The van der Waals surface area contributed by atoms with Crippen molar-refractivity contribution in [3.8, 4) is 11.1 Å². The fourth-order valence-electron chi connectivity index (χ4n) is 1.83. The Bertz CT molecular complexity index is 520. The molecule has 0 aliphatic rings. The van der Waals surface area contributed by atoms with E-state index in [0.29, 0.717) is 6.42 Å². The molecule has 2 aromatic rings. The Balaban J connectivity index is 2.13. The zero-order chi connectivity index (χ0) is 13.0. The van der Waals surface area contributed by atoms with E-state index in [9.17, 15) is 4.79 Å². The molecule has 1 unspecified atom stereocenters. The van der Waals surface area contributed by atoms with Gasteiger partial charge in [-0.1, -0.05) is 31.2 Å². The Labute approximate surface area is 107 Å². The molecule has 0 aliphatic carbocycles. The van der Waals surface area contributed by atoms with Gasteiger partial charge in [-0.15, -0.1) is 0 Å². The van der Waals surface area contributed by atoms with Crippen LogP contribution in [-0.2, 0) is 11.2 Å². The minimum absolute atomic E-state index is 0.128. The van der Waals surface area contributed by atoms with Crippen molar-refractivity contribution in [3.63, 3.8) is 0 Å². The van der Waals surface area contributed by atoms with Crippen molar-refractivity contribution >= 4 is 5.91 Å². The third-order valence-corrected chi connectivity index (χ3v) is 3.00. The molecule has 3 nitrogen and oxygen atoms in total. The molecule has 92 valence electrons. The summed E-state index contributed by atoms with van der Waals surface area (Å²) >= 11 is 0. The fourth-order valence-corrected chi connectivity index (χ4v) is 1.83. The van der Waals surface area contributed by atoms with Crippen molar-refractivity contribution in [1.82, 2.24) is 4.98 Å². The molecule has 2 rings (SSSR count). The van der Waals surface area contributed by atoms with Crippen molar-refractivity contribution in [2.75, 3.05) is 0 Å². The molecule has 0 radical (unpaired) electrons. The molecule has 1 aromatic heterocycles. The molecule has 18 heavy (non-hydrogen) atoms. The molecule has 1 amide bonds. The summed E-state index contributed by atoms with van der Waals surface area (Å²) in [5, 5.41) is 0. The van der Waals surface area contributed by atoms with Crippen molar-refractivity contribution in [3.05, 3.63) is 54.4 Å². The highest BCUT2D eigenvalue weighted by Gasteiger charge is 2.09. The van der Waals surface area contributed by atoms with Crippen LogP contribution in [-0.4, -0.2) is 10.9 Å². The van der Waals surface area contributed by atoms with E-state index in [4.69, 9.17) is 5.73 Å². The van der Waals surface area contributed by atoms with Crippen LogP contribution in [0.3, 0.4) is 0 Å². The van der Waals surface area contributed by atoms with Crippen LogP contribution >= 0.6 is 0 Å². The predicted octanol–water partition coefficient (Wildman–Crippen LogP) is 2.41. The largest absolute Gasteiger partial charge is 0.369 e. The highest BCUT2D eigenvalue weighted by atomic mass is 16.1. The van der Waals surface area contributed by atoms with Crippen LogP contribution in [0.15, 0.2) is 48.8 Å². The number of benzene rings is 1. The van der Waals surface area contributed by atoms with Crippen LogP contribution in [0.5, 0.6) is 0 Å². The van der Waals surface area contributed by atoms with E-state index in [0.717, 1.165) is 16.7 Å². The second kappa shape index (κ2) is 5.45. The number of hydrogen-bond acceptors (Lipinski definition) is 2. The van der Waals surface area contributed by atoms with E-state index in [1.807, 2.05) is 31.2 Å². The molecule has 0 spiro atoms. The lowest BCUT2D eigenvalue weighted by atomic mass is 9.98. The maximum Gasteiger partial charge on any atom is 0.220 e. The van der Waals surface area contributed by atoms with E-state index in [1.54, 1.807) is 12.4 Å². The monoisotopic (exact) mass is 240 g/mol. The molecular formula is C15H16N2O. The van der Waals surface area contributed by atoms with Crippen LogP contribution in [0.25, 0.3) is 11.1 Å². The van der Waals surface area contributed by atoms with Gasteiger partial charge in [0.15, 0.2) is 0 Å². The Kier molecular flexibility index (Phi) is 3.72. The lowest BCUT2D eigenvalue weighted by Gasteiger charge is -2.08. The van der Waals surface area contributed by atoms with Crippen molar-refractivity contribution in [2.24, 2.45) is 11.7 Å². The smallest absolute Gasteiger partial charge is 0.220 e. The number of carbonyl (C=O) groups is 1. The maximum atomic E-state index is 11.0. The predicted molar refractivity (Wildman–Crippen MR) is 71.7 cm³/mol. The highest BCUT2D eigenvalue weighted by molar-refractivity contribution is 5.76. The molecule has 1 aromatic carbocycles.